The Morgan fingerprint density at radius 2 is 2.56 bits per heavy atom. The van der Waals surface area contributed by atoms with Gasteiger partial charge in [-0.1, -0.05) is 0 Å². The van der Waals surface area contributed by atoms with Crippen LogP contribution < -0.4 is 16.4 Å². The summed E-state index contributed by atoms with van der Waals surface area (Å²) in [5, 5.41) is 4.90. The monoisotopic (exact) mass is 130 g/mol. The van der Waals surface area contributed by atoms with E-state index >= 15 is 0 Å². The summed E-state index contributed by atoms with van der Waals surface area (Å²) in [6.45, 7) is 3.29. The van der Waals surface area contributed by atoms with E-state index in [1.54, 1.807) is 5.31 Å². The first-order valence-electron chi connectivity index (χ1n) is 3.95. The Bertz CT molecular complexity index is 97.0. The van der Waals surface area contributed by atoms with Crippen LogP contribution >= 0.6 is 0 Å². The van der Waals surface area contributed by atoms with Crippen LogP contribution in [0.2, 0.25) is 1.41 Å². The van der Waals surface area contributed by atoms with E-state index in [1.165, 1.54) is 0 Å². The number of hydrogen-bond donors (Lipinski definition) is 3. The van der Waals surface area contributed by atoms with Gasteiger partial charge in [-0.2, -0.15) is 0 Å². The zero-order chi connectivity index (χ0) is 7.40. The fourth-order valence-electron chi connectivity index (χ4n) is 1.05. The average Bonchev–Trinajstić information content (AvgIpc) is 1.88. The summed E-state index contributed by atoms with van der Waals surface area (Å²) in [5.41, 5.74) is 5.39. The average molecular weight is 130 g/mol. The molecule has 1 aliphatic heterocycles. The lowest BCUT2D eigenvalue weighted by Crippen LogP contribution is -2.48. The molecule has 9 heavy (non-hydrogen) atoms. The van der Waals surface area contributed by atoms with Crippen LogP contribution in [0.3, 0.4) is 0 Å². The fourth-order valence-corrected chi connectivity index (χ4v) is 1.05. The minimum atomic E-state index is 0.441. The first-order chi connectivity index (χ1) is 4.83. The lowest BCUT2D eigenvalue weighted by Gasteiger charge is -2.23. The second kappa shape index (κ2) is 3.82. The lowest BCUT2D eigenvalue weighted by molar-refractivity contribution is 0.403. The molecule has 54 valence electrons. The topological polar surface area (TPSA) is 50.1 Å². The first kappa shape index (κ1) is 5.65. The quantitative estimate of drug-likeness (QED) is 0.444. The molecule has 1 heterocycles. The predicted octanol–water partition coefficient (Wildman–Crippen LogP) is -1.10. The van der Waals surface area contributed by atoms with Crippen molar-refractivity contribution in [1.29, 1.82) is 0 Å². The van der Waals surface area contributed by atoms with Gasteiger partial charge in [0.25, 0.3) is 0 Å². The maximum atomic E-state index is 7.33. The molecule has 1 unspecified atom stereocenters. The summed E-state index contributed by atoms with van der Waals surface area (Å²) < 4.78 is 7.33. The Balaban J connectivity index is 2.18. The molecular weight excluding hydrogens is 114 g/mol. The van der Waals surface area contributed by atoms with Gasteiger partial charge in [0, 0.05) is 25.7 Å². The highest BCUT2D eigenvalue weighted by Crippen LogP contribution is 1.90. The Hall–Kier alpha value is -0.120. The second-order valence-electron chi connectivity index (χ2n) is 2.36. The third-order valence-corrected chi connectivity index (χ3v) is 1.57. The van der Waals surface area contributed by atoms with Crippen LogP contribution in [0.5, 0.6) is 0 Å². The van der Waals surface area contributed by atoms with E-state index < -0.39 is 0 Å². The molecule has 0 saturated carbocycles. The third-order valence-electron chi connectivity index (χ3n) is 1.57. The zero-order valence-corrected chi connectivity index (χ0v) is 5.64. The molecule has 0 aliphatic carbocycles. The van der Waals surface area contributed by atoms with Gasteiger partial charge in [-0.05, 0) is 13.0 Å². The molecule has 0 spiro atoms. The van der Waals surface area contributed by atoms with Crippen LogP contribution in [-0.2, 0) is 0 Å². The van der Waals surface area contributed by atoms with Gasteiger partial charge in [-0.25, -0.2) is 0 Å². The Morgan fingerprint density at radius 1 is 1.67 bits per heavy atom. The smallest absolute Gasteiger partial charge is 0.122 e. The van der Waals surface area contributed by atoms with E-state index in [4.69, 9.17) is 7.15 Å². The molecule has 4 N–H and O–H groups in total. The molecule has 3 nitrogen and oxygen atoms in total. The van der Waals surface area contributed by atoms with Crippen molar-refractivity contribution in [2.45, 2.75) is 12.5 Å². The molecule has 0 aromatic rings. The van der Waals surface area contributed by atoms with Crippen LogP contribution in [0.25, 0.3) is 0 Å². The normalized spacial score (nSPS) is 32.1. The zero-order valence-electron chi connectivity index (χ0n) is 6.64. The van der Waals surface area contributed by atoms with Gasteiger partial charge in [0.15, 0.2) is 0 Å². The Kier molecular flexibility index (Phi) is 2.40. The summed E-state index contributed by atoms with van der Waals surface area (Å²) >= 11 is 0. The molecule has 0 bridgehead atoms. The van der Waals surface area contributed by atoms with Gasteiger partial charge >= 0.3 is 0 Å². The Morgan fingerprint density at radius 3 is 3.22 bits per heavy atom. The molecule has 3 heteroatoms. The van der Waals surface area contributed by atoms with Crippen molar-refractivity contribution >= 4 is 0 Å². The molecule has 1 atom stereocenters. The van der Waals surface area contributed by atoms with E-state index in [0.717, 1.165) is 26.1 Å². The molecule has 1 aliphatic rings. The van der Waals surface area contributed by atoms with Crippen molar-refractivity contribution < 1.29 is 1.41 Å². The maximum absolute atomic E-state index is 7.33. The van der Waals surface area contributed by atoms with Gasteiger partial charge in [-0.3, -0.25) is 0 Å². The van der Waals surface area contributed by atoms with Gasteiger partial charge < -0.3 is 16.4 Å². The minimum Gasteiger partial charge on any atom is -0.330 e. The van der Waals surface area contributed by atoms with E-state index in [-0.39, 0.29) is 0 Å². The van der Waals surface area contributed by atoms with E-state index in [2.05, 4.69) is 5.32 Å². The Labute approximate surface area is 57.5 Å². The van der Waals surface area contributed by atoms with Crippen LogP contribution in [0.1, 0.15) is 6.42 Å². The number of hydrogen-bond acceptors (Lipinski definition) is 3. The van der Waals surface area contributed by atoms with Crippen molar-refractivity contribution in [3.63, 3.8) is 0 Å². The fraction of sp³-hybridized carbons (Fsp3) is 1.00. The van der Waals surface area contributed by atoms with E-state index in [0.29, 0.717) is 12.6 Å². The highest BCUT2D eigenvalue weighted by atomic mass is 15.1. The van der Waals surface area contributed by atoms with Gasteiger partial charge in [0.2, 0.25) is 0 Å². The van der Waals surface area contributed by atoms with Crippen molar-refractivity contribution in [2.24, 2.45) is 5.73 Å². The van der Waals surface area contributed by atoms with Crippen molar-refractivity contribution in [1.82, 2.24) is 10.6 Å². The number of nitrogens with two attached hydrogens (primary N) is 1. The summed E-state index contributed by atoms with van der Waals surface area (Å²) in [6.07, 6.45) is 0.982. The molecular formula is C6H15N3. The molecule has 1 rings (SSSR count). The standard InChI is InChI=1S/C6H15N3/c7-2-1-6-5-8-3-4-9-6/h6,8-9H,1-5,7H2/i/hD. The highest BCUT2D eigenvalue weighted by Gasteiger charge is 2.09. The summed E-state index contributed by atoms with van der Waals surface area (Å²) in [4.78, 5) is 0. The largest absolute Gasteiger partial charge is 0.330 e. The van der Waals surface area contributed by atoms with Crippen LogP contribution in [0.15, 0.2) is 0 Å². The lowest BCUT2D eigenvalue weighted by atomic mass is 10.2. The summed E-state index contributed by atoms with van der Waals surface area (Å²) in [5.74, 6) is 0. The van der Waals surface area contributed by atoms with Crippen LogP contribution in [-0.4, -0.2) is 32.2 Å². The van der Waals surface area contributed by atoms with Crippen LogP contribution in [0.4, 0.5) is 0 Å². The molecule has 0 aromatic heterocycles. The minimum absolute atomic E-state index is 0.441. The van der Waals surface area contributed by atoms with Crippen molar-refractivity contribution in [3.05, 3.63) is 0 Å². The number of rotatable bonds is 2. The predicted molar refractivity (Wildman–Crippen MR) is 38.3 cm³/mol. The molecule has 0 radical (unpaired) electrons. The van der Waals surface area contributed by atoms with Crippen LogP contribution in [0, 0.1) is 0 Å². The maximum Gasteiger partial charge on any atom is 0.122 e. The molecule has 0 amide bonds. The van der Waals surface area contributed by atoms with Crippen molar-refractivity contribution in [3.8, 4) is 0 Å². The highest BCUT2D eigenvalue weighted by molar-refractivity contribution is 4.74. The molecule has 0 aromatic carbocycles. The molecule has 1 saturated heterocycles. The molecule has 1 fully saturated rings. The first-order valence-corrected chi connectivity index (χ1v) is 3.50. The van der Waals surface area contributed by atoms with E-state index in [1.807, 2.05) is 0 Å². The third kappa shape index (κ3) is 2.30. The summed E-state index contributed by atoms with van der Waals surface area (Å²) in [7, 11) is 0. The van der Waals surface area contributed by atoms with Gasteiger partial charge in [0.05, 0.1) is 0 Å². The second-order valence-corrected chi connectivity index (χ2v) is 2.36. The van der Waals surface area contributed by atoms with E-state index in [9.17, 15) is 0 Å². The summed E-state index contributed by atoms with van der Waals surface area (Å²) in [6, 6.07) is 0.441. The van der Waals surface area contributed by atoms with Crippen molar-refractivity contribution in [2.75, 3.05) is 26.2 Å². The number of piperazine rings is 1. The van der Waals surface area contributed by atoms with Gasteiger partial charge in [-0.15, -0.1) is 0 Å². The van der Waals surface area contributed by atoms with Gasteiger partial charge in [0.1, 0.15) is 1.41 Å². The SMILES string of the molecule is [2H]N1CCNC(CCN)C1. The number of nitrogens with one attached hydrogen (secondary N) is 2.